The van der Waals surface area contributed by atoms with Crippen LogP contribution in [0, 0.1) is 11.3 Å². The van der Waals surface area contributed by atoms with Gasteiger partial charge in [-0.2, -0.15) is 0 Å². The Balaban J connectivity index is 2.49. The number of carbonyl (C=O) groups is 2. The number of ether oxygens (including phenoxy) is 1. The van der Waals surface area contributed by atoms with Crippen LogP contribution in [0.4, 0.5) is 0 Å². The standard InChI is InChI=1S/C9H8O3/c1-9-5-3-2-4-6(9)7(10)12-8(9)11/h2-6H,1H3/t6-,9-/m0/s1. The number of hydrogen-bond acceptors (Lipinski definition) is 3. The summed E-state index contributed by atoms with van der Waals surface area (Å²) in [6.07, 6.45) is 6.93. The van der Waals surface area contributed by atoms with E-state index in [-0.39, 0.29) is 0 Å². The first-order chi connectivity index (χ1) is 5.64. The molecule has 0 radical (unpaired) electrons. The Hall–Kier alpha value is -1.38. The van der Waals surface area contributed by atoms with Crippen LogP contribution in [0.2, 0.25) is 0 Å². The van der Waals surface area contributed by atoms with E-state index in [2.05, 4.69) is 4.74 Å². The summed E-state index contributed by atoms with van der Waals surface area (Å²) in [7, 11) is 0. The van der Waals surface area contributed by atoms with Crippen molar-refractivity contribution in [2.24, 2.45) is 11.3 Å². The zero-order valence-corrected chi connectivity index (χ0v) is 6.61. The summed E-state index contributed by atoms with van der Waals surface area (Å²) in [5, 5.41) is 0. The van der Waals surface area contributed by atoms with Gasteiger partial charge in [-0.1, -0.05) is 24.3 Å². The van der Waals surface area contributed by atoms with Crippen molar-refractivity contribution in [2.45, 2.75) is 6.92 Å². The van der Waals surface area contributed by atoms with Gasteiger partial charge in [0, 0.05) is 0 Å². The summed E-state index contributed by atoms with van der Waals surface area (Å²) in [6.45, 7) is 1.71. The quantitative estimate of drug-likeness (QED) is 0.393. The molecule has 0 saturated carbocycles. The highest BCUT2D eigenvalue weighted by Crippen LogP contribution is 2.40. The van der Waals surface area contributed by atoms with Crippen molar-refractivity contribution >= 4 is 11.9 Å². The van der Waals surface area contributed by atoms with Gasteiger partial charge in [0.2, 0.25) is 0 Å². The lowest BCUT2D eigenvalue weighted by molar-refractivity contribution is -0.154. The van der Waals surface area contributed by atoms with Gasteiger partial charge in [-0.15, -0.1) is 0 Å². The molecule has 2 aliphatic rings. The highest BCUT2D eigenvalue weighted by atomic mass is 16.6. The molecule has 1 aliphatic heterocycles. The van der Waals surface area contributed by atoms with E-state index < -0.39 is 23.3 Å². The summed E-state index contributed by atoms with van der Waals surface area (Å²) in [4.78, 5) is 22.3. The highest BCUT2D eigenvalue weighted by Gasteiger charge is 2.52. The van der Waals surface area contributed by atoms with Crippen molar-refractivity contribution < 1.29 is 14.3 Å². The topological polar surface area (TPSA) is 43.4 Å². The van der Waals surface area contributed by atoms with Crippen LogP contribution in [-0.4, -0.2) is 11.9 Å². The Kier molecular flexibility index (Phi) is 1.25. The van der Waals surface area contributed by atoms with Crippen molar-refractivity contribution in [1.82, 2.24) is 0 Å². The molecule has 0 aromatic carbocycles. The third-order valence-electron chi connectivity index (χ3n) is 2.39. The van der Waals surface area contributed by atoms with Crippen LogP contribution in [0.15, 0.2) is 24.3 Å². The van der Waals surface area contributed by atoms with Crippen LogP contribution in [0.3, 0.4) is 0 Å². The van der Waals surface area contributed by atoms with Crippen molar-refractivity contribution in [3.63, 3.8) is 0 Å². The van der Waals surface area contributed by atoms with Crippen LogP contribution in [0.5, 0.6) is 0 Å². The smallest absolute Gasteiger partial charge is 0.324 e. The molecule has 62 valence electrons. The first kappa shape index (κ1) is 7.28. The fourth-order valence-corrected chi connectivity index (χ4v) is 1.52. The maximum absolute atomic E-state index is 11.2. The maximum Gasteiger partial charge on any atom is 0.324 e. The summed E-state index contributed by atoms with van der Waals surface area (Å²) in [6, 6.07) is 0. The molecule has 12 heavy (non-hydrogen) atoms. The zero-order chi connectivity index (χ0) is 8.77. The Morgan fingerprint density at radius 3 is 2.83 bits per heavy atom. The lowest BCUT2D eigenvalue weighted by Gasteiger charge is -2.20. The van der Waals surface area contributed by atoms with E-state index in [1.807, 2.05) is 0 Å². The van der Waals surface area contributed by atoms with E-state index in [1.54, 1.807) is 31.2 Å². The fraction of sp³-hybridized carbons (Fsp3) is 0.333. The van der Waals surface area contributed by atoms with E-state index in [0.717, 1.165) is 0 Å². The molecule has 0 aromatic heterocycles. The minimum Gasteiger partial charge on any atom is -0.392 e. The normalized spacial score (nSPS) is 38.2. The van der Waals surface area contributed by atoms with Gasteiger partial charge in [-0.3, -0.25) is 9.59 Å². The second-order valence-corrected chi connectivity index (χ2v) is 3.21. The molecule has 0 spiro atoms. The molecule has 0 amide bonds. The van der Waals surface area contributed by atoms with Crippen LogP contribution in [0.1, 0.15) is 6.92 Å². The van der Waals surface area contributed by atoms with Gasteiger partial charge < -0.3 is 4.74 Å². The van der Waals surface area contributed by atoms with Crippen LogP contribution in [-0.2, 0) is 14.3 Å². The minimum atomic E-state index is -0.758. The predicted octanol–water partition coefficient (Wildman–Crippen LogP) is 0.818. The Labute approximate surface area is 69.7 Å². The number of carbonyl (C=O) groups excluding carboxylic acids is 2. The molecule has 0 bridgehead atoms. The zero-order valence-electron chi connectivity index (χ0n) is 6.61. The molecule has 3 heteroatoms. The Morgan fingerprint density at radius 2 is 2.17 bits per heavy atom. The van der Waals surface area contributed by atoms with Crippen LogP contribution >= 0.6 is 0 Å². The lowest BCUT2D eigenvalue weighted by atomic mass is 9.76. The molecule has 3 nitrogen and oxygen atoms in total. The van der Waals surface area contributed by atoms with Crippen LogP contribution < -0.4 is 0 Å². The summed E-state index contributed by atoms with van der Waals surface area (Å²) in [5.74, 6) is -1.31. The van der Waals surface area contributed by atoms with Crippen molar-refractivity contribution in [3.05, 3.63) is 24.3 Å². The van der Waals surface area contributed by atoms with E-state index in [4.69, 9.17) is 0 Å². The highest BCUT2D eigenvalue weighted by molar-refractivity contribution is 6.01. The Bertz CT molecular complexity index is 314. The van der Waals surface area contributed by atoms with Gasteiger partial charge in [0.05, 0.1) is 5.92 Å². The Morgan fingerprint density at radius 1 is 1.42 bits per heavy atom. The van der Waals surface area contributed by atoms with Crippen molar-refractivity contribution in [1.29, 1.82) is 0 Å². The fourth-order valence-electron chi connectivity index (χ4n) is 1.52. The third-order valence-corrected chi connectivity index (χ3v) is 2.39. The minimum absolute atomic E-state index is 0.421. The first-order valence-electron chi connectivity index (χ1n) is 3.77. The number of rotatable bonds is 0. The summed E-state index contributed by atoms with van der Waals surface area (Å²) in [5.41, 5.74) is -0.758. The van der Waals surface area contributed by atoms with Gasteiger partial charge >= 0.3 is 11.9 Å². The third kappa shape index (κ3) is 0.706. The molecule has 2 atom stereocenters. The molecule has 1 saturated heterocycles. The number of fused-ring (bicyclic) bond motifs is 1. The first-order valence-corrected chi connectivity index (χ1v) is 3.77. The van der Waals surface area contributed by atoms with Gasteiger partial charge in [0.25, 0.3) is 0 Å². The molecular weight excluding hydrogens is 156 g/mol. The molecular formula is C9H8O3. The van der Waals surface area contributed by atoms with E-state index in [9.17, 15) is 9.59 Å². The van der Waals surface area contributed by atoms with E-state index in [0.29, 0.717) is 0 Å². The molecule has 0 N–H and O–H groups in total. The van der Waals surface area contributed by atoms with Gasteiger partial charge in [-0.05, 0) is 6.92 Å². The lowest BCUT2D eigenvalue weighted by Crippen LogP contribution is -2.28. The predicted molar refractivity (Wildman–Crippen MR) is 41.0 cm³/mol. The van der Waals surface area contributed by atoms with E-state index in [1.165, 1.54) is 0 Å². The summed E-state index contributed by atoms with van der Waals surface area (Å²) >= 11 is 0. The molecule has 2 rings (SSSR count). The number of hydrogen-bond donors (Lipinski definition) is 0. The van der Waals surface area contributed by atoms with Crippen LogP contribution in [0.25, 0.3) is 0 Å². The molecule has 0 unspecified atom stereocenters. The second-order valence-electron chi connectivity index (χ2n) is 3.21. The average Bonchev–Trinajstić information content (AvgIpc) is 2.25. The number of allylic oxidation sites excluding steroid dienone is 2. The van der Waals surface area contributed by atoms with E-state index >= 15 is 0 Å². The average molecular weight is 164 g/mol. The monoisotopic (exact) mass is 164 g/mol. The van der Waals surface area contributed by atoms with Crippen molar-refractivity contribution in [2.75, 3.05) is 0 Å². The molecule has 0 aromatic rings. The summed E-state index contributed by atoms with van der Waals surface area (Å²) < 4.78 is 4.53. The molecule has 1 aliphatic carbocycles. The largest absolute Gasteiger partial charge is 0.392 e. The van der Waals surface area contributed by atoms with Gasteiger partial charge in [-0.25, -0.2) is 0 Å². The number of esters is 2. The van der Waals surface area contributed by atoms with Crippen molar-refractivity contribution in [3.8, 4) is 0 Å². The number of cyclic esters (lactones) is 2. The SMILES string of the molecule is C[C@]12C=CC=C[C@H]1C(=O)OC2=O. The maximum atomic E-state index is 11.2. The van der Waals surface area contributed by atoms with Gasteiger partial charge in [0.1, 0.15) is 5.41 Å². The molecule has 1 heterocycles. The second kappa shape index (κ2) is 2.06. The van der Waals surface area contributed by atoms with Gasteiger partial charge in [0.15, 0.2) is 0 Å². The molecule has 1 fully saturated rings.